The van der Waals surface area contributed by atoms with Gasteiger partial charge in [0.15, 0.2) is 0 Å². The lowest BCUT2D eigenvalue weighted by molar-refractivity contribution is 0.165. The zero-order valence-electron chi connectivity index (χ0n) is 12.1. The highest BCUT2D eigenvalue weighted by Gasteiger charge is 2.33. The molecule has 0 saturated carbocycles. The normalized spacial score (nSPS) is 20.9. The lowest BCUT2D eigenvalue weighted by Gasteiger charge is -2.31. The monoisotopic (exact) mass is 277 g/mol. The van der Waals surface area contributed by atoms with Crippen molar-refractivity contribution in [3.63, 3.8) is 0 Å². The van der Waals surface area contributed by atoms with Gasteiger partial charge in [-0.15, -0.1) is 0 Å². The molecule has 6 nitrogen and oxygen atoms in total. The van der Waals surface area contributed by atoms with Crippen LogP contribution >= 0.6 is 0 Å². The second kappa shape index (κ2) is 5.83. The molecule has 1 N–H and O–H groups in total. The molecule has 0 atom stereocenters. The van der Waals surface area contributed by atoms with Crippen molar-refractivity contribution in [2.75, 3.05) is 32.7 Å². The molecule has 2 saturated heterocycles. The van der Waals surface area contributed by atoms with Crippen molar-refractivity contribution in [3.8, 4) is 0 Å². The molecular weight excluding hydrogens is 254 g/mol. The summed E-state index contributed by atoms with van der Waals surface area (Å²) in [6.07, 6.45) is 5.95. The van der Waals surface area contributed by atoms with Crippen LogP contribution in [0.2, 0.25) is 0 Å². The first kappa shape index (κ1) is 13.4. The summed E-state index contributed by atoms with van der Waals surface area (Å²) in [7, 11) is 0. The fraction of sp³-hybridized carbons (Fsp3) is 0.714. The molecule has 2 fully saturated rings. The Balaban J connectivity index is 1.54. The molecule has 3 rings (SSSR count). The summed E-state index contributed by atoms with van der Waals surface area (Å²) in [4.78, 5) is 20.7. The number of piperidine rings is 1. The minimum absolute atomic E-state index is 0.217. The van der Waals surface area contributed by atoms with Crippen molar-refractivity contribution < 1.29 is 4.79 Å². The SMILES string of the molecule is Cc1nccn1CCN1CCN(C2CCNCC2)C1=O. The van der Waals surface area contributed by atoms with E-state index in [1.54, 1.807) is 0 Å². The van der Waals surface area contributed by atoms with Gasteiger partial charge in [-0.1, -0.05) is 0 Å². The van der Waals surface area contributed by atoms with Crippen LogP contribution in [0.5, 0.6) is 0 Å². The molecule has 0 aliphatic carbocycles. The number of nitrogens with one attached hydrogen (secondary N) is 1. The third kappa shape index (κ3) is 2.65. The van der Waals surface area contributed by atoms with E-state index in [2.05, 4.69) is 19.8 Å². The van der Waals surface area contributed by atoms with Gasteiger partial charge in [0.05, 0.1) is 0 Å². The smallest absolute Gasteiger partial charge is 0.320 e. The minimum atomic E-state index is 0.217. The summed E-state index contributed by atoms with van der Waals surface area (Å²) >= 11 is 0. The Morgan fingerprint density at radius 3 is 2.80 bits per heavy atom. The van der Waals surface area contributed by atoms with Crippen LogP contribution in [-0.4, -0.2) is 64.1 Å². The van der Waals surface area contributed by atoms with Gasteiger partial charge < -0.3 is 19.7 Å². The maximum Gasteiger partial charge on any atom is 0.320 e. The van der Waals surface area contributed by atoms with Gasteiger partial charge in [0, 0.05) is 44.6 Å². The van der Waals surface area contributed by atoms with E-state index in [1.165, 1.54) is 0 Å². The van der Waals surface area contributed by atoms with Crippen LogP contribution in [0.15, 0.2) is 12.4 Å². The number of carbonyl (C=O) groups excluding carboxylic acids is 1. The number of nitrogens with zero attached hydrogens (tertiary/aromatic N) is 4. The van der Waals surface area contributed by atoms with Gasteiger partial charge in [-0.2, -0.15) is 0 Å². The zero-order valence-corrected chi connectivity index (χ0v) is 12.1. The molecule has 0 aromatic carbocycles. The summed E-state index contributed by atoms with van der Waals surface area (Å²) in [5, 5.41) is 3.35. The Kier molecular flexibility index (Phi) is 3.91. The highest BCUT2D eigenvalue weighted by Crippen LogP contribution is 2.18. The molecule has 2 aliphatic heterocycles. The van der Waals surface area contributed by atoms with E-state index in [0.717, 1.165) is 57.9 Å². The number of amides is 2. The first-order valence-corrected chi connectivity index (χ1v) is 7.49. The minimum Gasteiger partial charge on any atom is -0.333 e. The lowest BCUT2D eigenvalue weighted by atomic mass is 10.1. The van der Waals surface area contributed by atoms with E-state index in [-0.39, 0.29) is 6.03 Å². The first-order chi connectivity index (χ1) is 9.75. The topological polar surface area (TPSA) is 53.4 Å². The average Bonchev–Trinajstić information content (AvgIpc) is 3.04. The first-order valence-electron chi connectivity index (χ1n) is 7.49. The van der Waals surface area contributed by atoms with Crippen molar-refractivity contribution >= 4 is 6.03 Å². The quantitative estimate of drug-likeness (QED) is 0.880. The average molecular weight is 277 g/mol. The molecule has 3 heterocycles. The Morgan fingerprint density at radius 2 is 2.10 bits per heavy atom. The van der Waals surface area contributed by atoms with Crippen LogP contribution in [0.4, 0.5) is 4.79 Å². The number of carbonyl (C=O) groups is 1. The van der Waals surface area contributed by atoms with Gasteiger partial charge >= 0.3 is 6.03 Å². The zero-order chi connectivity index (χ0) is 13.9. The Bertz CT molecular complexity index is 466. The molecule has 2 aliphatic rings. The molecule has 2 amide bonds. The van der Waals surface area contributed by atoms with Crippen molar-refractivity contribution in [3.05, 3.63) is 18.2 Å². The van der Waals surface area contributed by atoms with Crippen LogP contribution in [-0.2, 0) is 6.54 Å². The number of hydrogen-bond donors (Lipinski definition) is 1. The molecule has 6 heteroatoms. The maximum atomic E-state index is 12.5. The Hall–Kier alpha value is -1.56. The summed E-state index contributed by atoms with van der Waals surface area (Å²) < 4.78 is 2.10. The molecule has 1 aromatic heterocycles. The molecule has 0 spiro atoms. The second-order valence-electron chi connectivity index (χ2n) is 5.61. The van der Waals surface area contributed by atoms with E-state index in [9.17, 15) is 4.79 Å². The van der Waals surface area contributed by atoms with Gasteiger partial charge in [0.2, 0.25) is 0 Å². The fourth-order valence-electron chi connectivity index (χ4n) is 3.13. The number of imidazole rings is 1. The molecule has 1 aromatic rings. The third-order valence-electron chi connectivity index (χ3n) is 4.41. The summed E-state index contributed by atoms with van der Waals surface area (Å²) in [5.41, 5.74) is 0. The Labute approximate surface area is 119 Å². The molecule has 110 valence electrons. The molecule has 0 unspecified atom stereocenters. The van der Waals surface area contributed by atoms with Crippen LogP contribution in [0.3, 0.4) is 0 Å². The maximum absolute atomic E-state index is 12.5. The highest BCUT2D eigenvalue weighted by molar-refractivity contribution is 5.76. The van der Waals surface area contributed by atoms with E-state index in [0.29, 0.717) is 6.04 Å². The standard InChI is InChI=1S/C14H23N5O/c1-12-16-6-7-17(12)8-9-18-10-11-19(14(18)20)13-2-4-15-5-3-13/h6-7,13,15H,2-5,8-11H2,1H3. The van der Waals surface area contributed by atoms with E-state index in [1.807, 2.05) is 24.2 Å². The molecule has 20 heavy (non-hydrogen) atoms. The van der Waals surface area contributed by atoms with Crippen LogP contribution in [0, 0.1) is 6.92 Å². The van der Waals surface area contributed by atoms with Crippen molar-refractivity contribution in [2.24, 2.45) is 0 Å². The Morgan fingerprint density at radius 1 is 1.30 bits per heavy atom. The third-order valence-corrected chi connectivity index (χ3v) is 4.41. The van der Waals surface area contributed by atoms with E-state index in [4.69, 9.17) is 0 Å². The van der Waals surface area contributed by atoms with Crippen molar-refractivity contribution in [1.82, 2.24) is 24.7 Å². The van der Waals surface area contributed by atoms with E-state index < -0.39 is 0 Å². The molecule has 0 bridgehead atoms. The van der Waals surface area contributed by atoms with Crippen LogP contribution < -0.4 is 5.32 Å². The van der Waals surface area contributed by atoms with E-state index >= 15 is 0 Å². The molecule has 0 radical (unpaired) electrons. The van der Waals surface area contributed by atoms with Gasteiger partial charge in [-0.05, 0) is 32.9 Å². The largest absolute Gasteiger partial charge is 0.333 e. The number of aryl methyl sites for hydroxylation is 1. The number of aromatic nitrogens is 2. The number of rotatable bonds is 4. The van der Waals surface area contributed by atoms with Crippen LogP contribution in [0.1, 0.15) is 18.7 Å². The second-order valence-corrected chi connectivity index (χ2v) is 5.61. The number of urea groups is 1. The summed E-state index contributed by atoms with van der Waals surface area (Å²) in [6, 6.07) is 0.651. The van der Waals surface area contributed by atoms with Gasteiger partial charge in [-0.25, -0.2) is 9.78 Å². The number of hydrogen-bond acceptors (Lipinski definition) is 3. The lowest BCUT2D eigenvalue weighted by Crippen LogP contribution is -2.45. The van der Waals surface area contributed by atoms with Gasteiger partial charge in [0.1, 0.15) is 5.82 Å². The summed E-state index contributed by atoms with van der Waals surface area (Å²) in [5.74, 6) is 1.01. The summed E-state index contributed by atoms with van der Waals surface area (Å²) in [6.45, 7) is 7.40. The van der Waals surface area contributed by atoms with Gasteiger partial charge in [-0.3, -0.25) is 0 Å². The fourth-order valence-corrected chi connectivity index (χ4v) is 3.13. The predicted molar refractivity (Wildman–Crippen MR) is 76.5 cm³/mol. The predicted octanol–water partition coefficient (Wildman–Crippen LogP) is 0.681. The van der Waals surface area contributed by atoms with Crippen molar-refractivity contribution in [1.29, 1.82) is 0 Å². The van der Waals surface area contributed by atoms with Gasteiger partial charge in [0.25, 0.3) is 0 Å². The van der Waals surface area contributed by atoms with Crippen LogP contribution in [0.25, 0.3) is 0 Å². The highest BCUT2D eigenvalue weighted by atomic mass is 16.2. The van der Waals surface area contributed by atoms with Crippen molar-refractivity contribution in [2.45, 2.75) is 32.4 Å². The molecular formula is C14H23N5O.